The fourth-order valence-electron chi connectivity index (χ4n) is 5.18. The van der Waals surface area contributed by atoms with Crippen molar-refractivity contribution < 1.29 is 4.74 Å². The molecule has 1 aromatic heterocycles. The lowest BCUT2D eigenvalue weighted by atomic mass is 9.84. The molecule has 2 aromatic rings. The highest BCUT2D eigenvalue weighted by atomic mass is 16.5. The highest BCUT2D eigenvalue weighted by molar-refractivity contribution is 5.90. The van der Waals surface area contributed by atoms with Crippen molar-refractivity contribution in [3.8, 4) is 0 Å². The van der Waals surface area contributed by atoms with E-state index in [4.69, 9.17) is 14.7 Å². The summed E-state index contributed by atoms with van der Waals surface area (Å²) in [5, 5.41) is 4.69. The van der Waals surface area contributed by atoms with E-state index in [1.807, 2.05) is 0 Å². The largest absolute Gasteiger partial charge is 0.379 e. The Labute approximate surface area is 173 Å². The van der Waals surface area contributed by atoms with Gasteiger partial charge in [0.1, 0.15) is 5.82 Å². The van der Waals surface area contributed by atoms with E-state index < -0.39 is 0 Å². The van der Waals surface area contributed by atoms with Gasteiger partial charge in [0, 0.05) is 38.1 Å². The Morgan fingerprint density at radius 3 is 2.45 bits per heavy atom. The third-order valence-corrected chi connectivity index (χ3v) is 6.84. The average Bonchev–Trinajstić information content (AvgIpc) is 3.11. The highest BCUT2D eigenvalue weighted by Crippen LogP contribution is 2.37. The number of hydrogen-bond acceptors (Lipinski definition) is 6. The summed E-state index contributed by atoms with van der Waals surface area (Å²) >= 11 is 0. The second-order valence-electron chi connectivity index (χ2n) is 8.91. The lowest BCUT2D eigenvalue weighted by molar-refractivity contribution is 0.0378. The zero-order valence-corrected chi connectivity index (χ0v) is 17.4. The zero-order chi connectivity index (χ0) is 19.5. The number of rotatable bonds is 6. The highest BCUT2D eigenvalue weighted by Gasteiger charge is 2.30. The minimum Gasteiger partial charge on any atom is -0.379 e. The van der Waals surface area contributed by atoms with Crippen molar-refractivity contribution in [3.05, 3.63) is 24.3 Å². The van der Waals surface area contributed by atoms with Crippen LogP contribution >= 0.6 is 0 Å². The summed E-state index contributed by atoms with van der Waals surface area (Å²) < 4.78 is 5.43. The van der Waals surface area contributed by atoms with Gasteiger partial charge in [-0.05, 0) is 62.6 Å². The maximum absolute atomic E-state index is 5.43. The third-order valence-electron chi connectivity index (χ3n) is 6.84. The van der Waals surface area contributed by atoms with E-state index in [2.05, 4.69) is 39.4 Å². The minimum atomic E-state index is 0.775. The second-order valence-corrected chi connectivity index (χ2v) is 8.91. The fraction of sp³-hybridized carbons (Fsp3) is 0.652. The van der Waals surface area contributed by atoms with E-state index >= 15 is 0 Å². The second kappa shape index (κ2) is 8.84. The van der Waals surface area contributed by atoms with Gasteiger partial charge in [-0.2, -0.15) is 4.98 Å². The molecule has 4 aliphatic rings. The topological polar surface area (TPSA) is 53.5 Å². The maximum atomic E-state index is 5.43. The van der Waals surface area contributed by atoms with Crippen molar-refractivity contribution in [2.75, 3.05) is 62.7 Å². The molecule has 0 unspecified atom stereocenters. The molecule has 6 nitrogen and oxygen atoms in total. The predicted molar refractivity (Wildman–Crippen MR) is 118 cm³/mol. The molecule has 1 N–H and O–H groups in total. The summed E-state index contributed by atoms with van der Waals surface area (Å²) in [6, 6.07) is 8.48. The van der Waals surface area contributed by atoms with Crippen LogP contribution in [0.4, 0.5) is 11.8 Å². The molecule has 1 saturated carbocycles. The number of anilines is 2. The summed E-state index contributed by atoms with van der Waals surface area (Å²) in [6.07, 6.45) is 6.64. The van der Waals surface area contributed by atoms with Gasteiger partial charge in [0.25, 0.3) is 0 Å². The molecule has 4 fully saturated rings. The number of aromatic nitrogens is 2. The van der Waals surface area contributed by atoms with Crippen LogP contribution in [0.5, 0.6) is 0 Å². The molecular weight excluding hydrogens is 362 g/mol. The Hall–Kier alpha value is -1.92. The van der Waals surface area contributed by atoms with Crippen LogP contribution in [0, 0.1) is 11.8 Å². The summed E-state index contributed by atoms with van der Waals surface area (Å²) in [4.78, 5) is 14.9. The Morgan fingerprint density at radius 2 is 1.69 bits per heavy atom. The smallest absolute Gasteiger partial charge is 0.225 e. The fourth-order valence-corrected chi connectivity index (χ4v) is 5.18. The molecular formula is C23H33N5O. The van der Waals surface area contributed by atoms with Crippen LogP contribution < -0.4 is 10.2 Å². The first-order valence-electron chi connectivity index (χ1n) is 11.4. The standard InChI is InChI=1S/C23H33N5O/c1-2-5-21-20(4-1)22(28-16-18-6-7-19(17-28)9-8-18)26-23(25-21)24-10-3-11-27-12-14-29-15-13-27/h1-2,4-5,18-19H,3,6-17H2,(H,24,25,26). The molecule has 29 heavy (non-hydrogen) atoms. The van der Waals surface area contributed by atoms with Crippen LogP contribution in [0.3, 0.4) is 0 Å². The summed E-state index contributed by atoms with van der Waals surface area (Å²) in [5.41, 5.74) is 1.05. The van der Waals surface area contributed by atoms with Crippen LogP contribution in [0.2, 0.25) is 0 Å². The number of nitrogens with one attached hydrogen (secondary N) is 1. The van der Waals surface area contributed by atoms with Gasteiger partial charge in [-0.3, -0.25) is 4.90 Å². The number of fused-ring (bicyclic) bond motifs is 5. The molecule has 0 amide bonds. The average molecular weight is 396 g/mol. The molecule has 1 aromatic carbocycles. The lowest BCUT2D eigenvalue weighted by Crippen LogP contribution is -2.37. The van der Waals surface area contributed by atoms with E-state index in [0.717, 1.165) is 88.0 Å². The molecule has 1 aliphatic carbocycles. The zero-order valence-electron chi connectivity index (χ0n) is 17.4. The monoisotopic (exact) mass is 395 g/mol. The first-order chi connectivity index (χ1) is 14.3. The molecule has 6 rings (SSSR count). The first kappa shape index (κ1) is 19.1. The van der Waals surface area contributed by atoms with Gasteiger partial charge in [0.15, 0.2) is 0 Å². The summed E-state index contributed by atoms with van der Waals surface area (Å²) in [6.45, 7) is 8.13. The Kier molecular flexibility index (Phi) is 5.81. The predicted octanol–water partition coefficient (Wildman–Crippen LogP) is 3.39. The van der Waals surface area contributed by atoms with Crippen molar-refractivity contribution in [1.82, 2.24) is 14.9 Å². The molecule has 0 radical (unpaired) electrons. The minimum absolute atomic E-state index is 0.775. The number of ether oxygens (including phenoxy) is 1. The number of benzene rings is 1. The SMILES string of the molecule is c1ccc2c(N3CC4CCC(CC4)C3)nc(NCCCN3CCOCC3)nc2c1. The van der Waals surface area contributed by atoms with Crippen LogP contribution in [0.15, 0.2) is 24.3 Å². The van der Waals surface area contributed by atoms with Gasteiger partial charge >= 0.3 is 0 Å². The van der Waals surface area contributed by atoms with Crippen LogP contribution in [-0.4, -0.2) is 67.4 Å². The normalized spacial score (nSPS) is 25.3. The van der Waals surface area contributed by atoms with Gasteiger partial charge in [0.05, 0.1) is 18.7 Å². The number of morpholine rings is 1. The number of hydrogen-bond donors (Lipinski definition) is 1. The molecule has 0 atom stereocenters. The van der Waals surface area contributed by atoms with E-state index in [1.54, 1.807) is 0 Å². The molecule has 156 valence electrons. The van der Waals surface area contributed by atoms with Crippen LogP contribution in [-0.2, 0) is 4.74 Å². The van der Waals surface area contributed by atoms with Gasteiger partial charge in [0.2, 0.25) is 5.95 Å². The van der Waals surface area contributed by atoms with Gasteiger partial charge in [-0.25, -0.2) is 4.98 Å². The molecule has 2 bridgehead atoms. The van der Waals surface area contributed by atoms with Crippen LogP contribution in [0.1, 0.15) is 32.1 Å². The van der Waals surface area contributed by atoms with Crippen molar-refractivity contribution in [2.24, 2.45) is 11.8 Å². The van der Waals surface area contributed by atoms with E-state index in [9.17, 15) is 0 Å². The Morgan fingerprint density at radius 1 is 0.966 bits per heavy atom. The van der Waals surface area contributed by atoms with Gasteiger partial charge in [-0.1, -0.05) is 12.1 Å². The number of para-hydroxylation sites is 1. The lowest BCUT2D eigenvalue weighted by Gasteiger charge is -2.26. The summed E-state index contributed by atoms with van der Waals surface area (Å²) in [5.74, 6) is 3.56. The molecule has 3 saturated heterocycles. The van der Waals surface area contributed by atoms with Crippen molar-refractivity contribution >= 4 is 22.7 Å². The molecule has 6 heteroatoms. The maximum Gasteiger partial charge on any atom is 0.225 e. The Balaban J connectivity index is 1.30. The van der Waals surface area contributed by atoms with Gasteiger partial charge < -0.3 is 15.0 Å². The summed E-state index contributed by atoms with van der Waals surface area (Å²) in [7, 11) is 0. The van der Waals surface area contributed by atoms with E-state index in [1.165, 1.54) is 31.1 Å². The molecule has 4 heterocycles. The number of nitrogens with zero attached hydrogens (tertiary/aromatic N) is 4. The van der Waals surface area contributed by atoms with Crippen molar-refractivity contribution in [2.45, 2.75) is 32.1 Å². The van der Waals surface area contributed by atoms with Crippen molar-refractivity contribution in [3.63, 3.8) is 0 Å². The first-order valence-corrected chi connectivity index (χ1v) is 11.4. The third kappa shape index (κ3) is 4.48. The quantitative estimate of drug-likeness (QED) is 0.757. The van der Waals surface area contributed by atoms with Crippen LogP contribution in [0.25, 0.3) is 10.9 Å². The Bertz CT molecular complexity index is 800. The van der Waals surface area contributed by atoms with E-state index in [0.29, 0.717) is 0 Å². The molecule has 0 spiro atoms. The van der Waals surface area contributed by atoms with Gasteiger partial charge in [-0.15, -0.1) is 0 Å². The molecule has 3 aliphatic heterocycles. The van der Waals surface area contributed by atoms with Crippen molar-refractivity contribution in [1.29, 1.82) is 0 Å². The van der Waals surface area contributed by atoms with E-state index in [-0.39, 0.29) is 0 Å².